The normalized spacial score (nSPS) is 12.6. The summed E-state index contributed by atoms with van der Waals surface area (Å²) in [7, 11) is -1.17. The fourth-order valence-electron chi connectivity index (χ4n) is 1.07. The van der Waals surface area contributed by atoms with Gasteiger partial charge in [0.1, 0.15) is 0 Å². The van der Waals surface area contributed by atoms with E-state index < -0.39 is 7.12 Å². The molecular weight excluding hydrogens is 153 g/mol. The molecule has 0 aromatic heterocycles. The molecule has 0 spiro atoms. The molecule has 12 heavy (non-hydrogen) atoms. The largest absolute Gasteiger partial charge is 0.451 e. The molecule has 0 saturated heterocycles. The van der Waals surface area contributed by atoms with E-state index in [-0.39, 0.29) is 6.04 Å². The third-order valence-corrected chi connectivity index (χ3v) is 1.76. The summed E-state index contributed by atoms with van der Waals surface area (Å²) in [6, 6.07) is 0.179. The maximum absolute atomic E-state index is 8.53. The Balaban J connectivity index is 3.13. The van der Waals surface area contributed by atoms with Crippen molar-refractivity contribution in [2.24, 2.45) is 5.73 Å². The molecular formula is C8H18BNO2. The molecule has 0 bridgehead atoms. The predicted octanol–water partition coefficient (Wildman–Crippen LogP) is 0.533. The first-order valence-corrected chi connectivity index (χ1v) is 4.39. The van der Waals surface area contributed by atoms with E-state index in [2.05, 4.69) is 6.58 Å². The Morgan fingerprint density at radius 2 is 2.08 bits per heavy atom. The molecule has 1 atom stereocenters. The van der Waals surface area contributed by atoms with Crippen molar-refractivity contribution in [3.05, 3.63) is 12.7 Å². The van der Waals surface area contributed by atoms with Crippen LogP contribution in [0.3, 0.4) is 0 Å². The second-order valence-electron chi connectivity index (χ2n) is 3.05. The molecule has 1 unspecified atom stereocenters. The zero-order chi connectivity index (χ0) is 9.40. The Hall–Kier alpha value is -0.315. The van der Waals surface area contributed by atoms with Gasteiger partial charge in [-0.2, -0.15) is 0 Å². The lowest BCUT2D eigenvalue weighted by Gasteiger charge is -2.07. The van der Waals surface area contributed by atoms with Gasteiger partial charge in [0.15, 0.2) is 0 Å². The van der Waals surface area contributed by atoms with Crippen molar-refractivity contribution in [2.75, 3.05) is 0 Å². The summed E-state index contributed by atoms with van der Waals surface area (Å²) in [6.07, 6.45) is 5.79. The number of unbranched alkanes of at least 4 members (excludes halogenated alkanes) is 1. The van der Waals surface area contributed by atoms with Crippen molar-refractivity contribution in [2.45, 2.75) is 38.0 Å². The van der Waals surface area contributed by atoms with Crippen LogP contribution >= 0.6 is 0 Å². The molecule has 3 nitrogen and oxygen atoms in total. The zero-order valence-electron chi connectivity index (χ0n) is 7.45. The average Bonchev–Trinajstić information content (AvgIpc) is 1.98. The summed E-state index contributed by atoms with van der Waals surface area (Å²) in [6.45, 7) is 3.60. The van der Waals surface area contributed by atoms with Gasteiger partial charge in [0.05, 0.1) is 0 Å². The van der Waals surface area contributed by atoms with E-state index >= 15 is 0 Å². The molecule has 0 aliphatic carbocycles. The van der Waals surface area contributed by atoms with Crippen molar-refractivity contribution in [1.29, 1.82) is 0 Å². The smallest absolute Gasteiger partial charge is 0.427 e. The van der Waals surface area contributed by atoms with E-state index in [4.69, 9.17) is 15.8 Å². The minimum absolute atomic E-state index is 0.179. The van der Waals surface area contributed by atoms with Gasteiger partial charge in [-0.25, -0.2) is 0 Å². The highest BCUT2D eigenvalue weighted by Crippen LogP contribution is 2.05. The molecule has 4 heteroatoms. The summed E-state index contributed by atoms with van der Waals surface area (Å²) in [5.41, 5.74) is 5.70. The molecule has 0 aliphatic heterocycles. The monoisotopic (exact) mass is 171 g/mol. The fraction of sp³-hybridized carbons (Fsp3) is 0.750. The Kier molecular flexibility index (Phi) is 7.15. The number of hydrogen-bond donors (Lipinski definition) is 3. The van der Waals surface area contributed by atoms with Crippen molar-refractivity contribution in [3.8, 4) is 0 Å². The van der Waals surface area contributed by atoms with Crippen LogP contribution in [0.25, 0.3) is 0 Å². The van der Waals surface area contributed by atoms with E-state index in [1.807, 2.05) is 6.08 Å². The van der Waals surface area contributed by atoms with Crippen LogP contribution in [0.1, 0.15) is 25.7 Å². The standard InChI is InChI=1S/C8H18BNO2/c1-2-5-8(10)6-3-4-7-9(11)12/h2,8,11-12H,1,3-7,10H2. The van der Waals surface area contributed by atoms with Gasteiger partial charge in [-0.1, -0.05) is 18.9 Å². The molecule has 0 rings (SSSR count). The molecule has 0 fully saturated rings. The van der Waals surface area contributed by atoms with Gasteiger partial charge in [0.2, 0.25) is 0 Å². The van der Waals surface area contributed by atoms with Gasteiger partial charge in [-0.3, -0.25) is 0 Å². The topological polar surface area (TPSA) is 66.5 Å². The Bertz CT molecular complexity index is 120. The minimum Gasteiger partial charge on any atom is -0.427 e. The lowest BCUT2D eigenvalue weighted by atomic mass is 9.83. The zero-order valence-corrected chi connectivity index (χ0v) is 7.45. The molecule has 0 radical (unpaired) electrons. The average molecular weight is 171 g/mol. The Morgan fingerprint density at radius 1 is 1.42 bits per heavy atom. The van der Waals surface area contributed by atoms with Crippen LogP contribution in [-0.2, 0) is 0 Å². The highest BCUT2D eigenvalue weighted by molar-refractivity contribution is 6.40. The lowest BCUT2D eigenvalue weighted by Crippen LogP contribution is -2.18. The van der Waals surface area contributed by atoms with Crippen LogP contribution in [0.4, 0.5) is 0 Å². The van der Waals surface area contributed by atoms with Crippen molar-refractivity contribution >= 4 is 7.12 Å². The third-order valence-electron chi connectivity index (χ3n) is 1.76. The molecule has 0 aromatic carbocycles. The summed E-state index contributed by atoms with van der Waals surface area (Å²) in [4.78, 5) is 0. The van der Waals surface area contributed by atoms with Crippen LogP contribution in [0.2, 0.25) is 6.32 Å². The first-order valence-electron chi connectivity index (χ1n) is 4.39. The quantitative estimate of drug-likeness (QED) is 0.297. The van der Waals surface area contributed by atoms with Crippen LogP contribution in [0.15, 0.2) is 12.7 Å². The maximum Gasteiger partial charge on any atom is 0.451 e. The number of nitrogens with two attached hydrogens (primary N) is 1. The van der Waals surface area contributed by atoms with Crippen molar-refractivity contribution < 1.29 is 10.0 Å². The Labute approximate surface area is 74.4 Å². The van der Waals surface area contributed by atoms with E-state index in [1.54, 1.807) is 0 Å². The Morgan fingerprint density at radius 3 is 2.58 bits per heavy atom. The molecule has 0 aliphatic rings. The molecule has 0 amide bonds. The first kappa shape index (κ1) is 11.7. The second kappa shape index (κ2) is 7.34. The van der Waals surface area contributed by atoms with Gasteiger partial charge < -0.3 is 15.8 Å². The molecule has 0 saturated carbocycles. The second-order valence-corrected chi connectivity index (χ2v) is 3.05. The van der Waals surface area contributed by atoms with Gasteiger partial charge >= 0.3 is 7.12 Å². The van der Waals surface area contributed by atoms with Crippen LogP contribution < -0.4 is 5.73 Å². The number of rotatable bonds is 7. The summed E-state index contributed by atoms with van der Waals surface area (Å²) >= 11 is 0. The van der Waals surface area contributed by atoms with Gasteiger partial charge in [-0.05, 0) is 19.2 Å². The fourth-order valence-corrected chi connectivity index (χ4v) is 1.07. The van der Waals surface area contributed by atoms with Gasteiger partial charge in [-0.15, -0.1) is 6.58 Å². The van der Waals surface area contributed by atoms with E-state index in [0.717, 1.165) is 25.7 Å². The van der Waals surface area contributed by atoms with Crippen LogP contribution in [-0.4, -0.2) is 23.2 Å². The summed E-state index contributed by atoms with van der Waals surface area (Å²) in [5, 5.41) is 17.1. The molecule has 4 N–H and O–H groups in total. The predicted molar refractivity (Wildman–Crippen MR) is 51.6 cm³/mol. The SMILES string of the molecule is C=CCC(N)CCCCB(O)O. The van der Waals surface area contributed by atoms with Crippen LogP contribution in [0, 0.1) is 0 Å². The van der Waals surface area contributed by atoms with Crippen LogP contribution in [0.5, 0.6) is 0 Å². The van der Waals surface area contributed by atoms with E-state index in [9.17, 15) is 0 Å². The van der Waals surface area contributed by atoms with E-state index in [1.165, 1.54) is 0 Å². The summed E-state index contributed by atoms with van der Waals surface area (Å²) < 4.78 is 0. The lowest BCUT2D eigenvalue weighted by molar-refractivity contribution is 0.400. The molecule has 0 heterocycles. The highest BCUT2D eigenvalue weighted by Gasteiger charge is 2.06. The van der Waals surface area contributed by atoms with Gasteiger partial charge in [0.25, 0.3) is 0 Å². The van der Waals surface area contributed by atoms with Gasteiger partial charge in [0, 0.05) is 6.04 Å². The molecule has 0 aromatic rings. The van der Waals surface area contributed by atoms with Crippen molar-refractivity contribution in [3.63, 3.8) is 0 Å². The highest BCUT2D eigenvalue weighted by atomic mass is 16.4. The van der Waals surface area contributed by atoms with Crippen molar-refractivity contribution in [1.82, 2.24) is 0 Å². The maximum atomic E-state index is 8.53. The van der Waals surface area contributed by atoms with E-state index in [0.29, 0.717) is 6.32 Å². The number of hydrogen-bond acceptors (Lipinski definition) is 3. The third kappa shape index (κ3) is 7.79. The minimum atomic E-state index is -1.17. The summed E-state index contributed by atoms with van der Waals surface area (Å²) in [5.74, 6) is 0. The molecule has 70 valence electrons. The first-order chi connectivity index (χ1) is 5.66.